The van der Waals surface area contributed by atoms with Crippen LogP contribution in [0.4, 0.5) is 0 Å². The Bertz CT molecular complexity index is 724. The van der Waals surface area contributed by atoms with Crippen molar-refractivity contribution in [2.24, 2.45) is 5.41 Å². The van der Waals surface area contributed by atoms with Crippen molar-refractivity contribution in [1.82, 2.24) is 15.1 Å². The van der Waals surface area contributed by atoms with Gasteiger partial charge >= 0.3 is 0 Å². The van der Waals surface area contributed by atoms with Crippen molar-refractivity contribution in [2.75, 3.05) is 0 Å². The Morgan fingerprint density at radius 1 is 1.39 bits per heavy atom. The van der Waals surface area contributed by atoms with E-state index in [2.05, 4.69) is 16.5 Å². The molecular formula is C18H20N4O. The van der Waals surface area contributed by atoms with Crippen molar-refractivity contribution in [2.45, 2.75) is 38.6 Å². The summed E-state index contributed by atoms with van der Waals surface area (Å²) in [6.45, 7) is 1.94. The van der Waals surface area contributed by atoms with Crippen LogP contribution < -0.4 is 5.32 Å². The van der Waals surface area contributed by atoms with Crippen LogP contribution in [0.2, 0.25) is 0 Å². The van der Waals surface area contributed by atoms with Crippen LogP contribution in [0.5, 0.6) is 0 Å². The lowest BCUT2D eigenvalue weighted by Gasteiger charge is -2.23. The Kier molecular flexibility index (Phi) is 4.16. The standard InChI is InChI=1S/C18H20N4O/c1-14(21-17(23)18(13-19)8-2-3-9-18)15-6-4-7-16(12-15)22-11-5-10-20-22/h4-7,10-12,14H,2-3,8-9H2,1H3,(H,21,23)/t14-/m0/s1. The van der Waals surface area contributed by atoms with Crippen molar-refractivity contribution in [1.29, 1.82) is 5.26 Å². The van der Waals surface area contributed by atoms with E-state index in [1.54, 1.807) is 10.9 Å². The summed E-state index contributed by atoms with van der Waals surface area (Å²) in [4.78, 5) is 12.5. The van der Waals surface area contributed by atoms with Crippen molar-refractivity contribution in [3.63, 3.8) is 0 Å². The summed E-state index contributed by atoms with van der Waals surface area (Å²) in [5.41, 5.74) is 1.11. The number of nitrogens with one attached hydrogen (secondary N) is 1. The molecule has 1 aromatic heterocycles. The number of rotatable bonds is 4. The summed E-state index contributed by atoms with van der Waals surface area (Å²) in [7, 11) is 0. The average molecular weight is 308 g/mol. The number of hydrogen-bond donors (Lipinski definition) is 1. The number of benzene rings is 1. The molecule has 0 radical (unpaired) electrons. The maximum Gasteiger partial charge on any atom is 0.240 e. The molecule has 5 heteroatoms. The van der Waals surface area contributed by atoms with E-state index >= 15 is 0 Å². The highest BCUT2D eigenvalue weighted by Crippen LogP contribution is 2.38. The van der Waals surface area contributed by atoms with Gasteiger partial charge in [-0.1, -0.05) is 25.0 Å². The Hall–Kier alpha value is -2.61. The highest BCUT2D eigenvalue weighted by Gasteiger charge is 2.41. The molecule has 2 aromatic rings. The Balaban J connectivity index is 1.76. The molecular weight excluding hydrogens is 288 g/mol. The van der Waals surface area contributed by atoms with Crippen LogP contribution in [0.1, 0.15) is 44.2 Å². The van der Waals surface area contributed by atoms with Gasteiger partial charge in [0.05, 0.1) is 17.8 Å². The molecule has 1 amide bonds. The van der Waals surface area contributed by atoms with E-state index < -0.39 is 5.41 Å². The predicted octanol–water partition coefficient (Wildman–Crippen LogP) is 3.13. The third-order valence-electron chi connectivity index (χ3n) is 4.59. The van der Waals surface area contributed by atoms with Gasteiger partial charge in [0.1, 0.15) is 5.41 Å². The second-order valence-electron chi connectivity index (χ2n) is 6.14. The number of nitrogens with zero attached hydrogens (tertiary/aromatic N) is 3. The summed E-state index contributed by atoms with van der Waals surface area (Å²) < 4.78 is 1.78. The molecule has 0 bridgehead atoms. The number of carbonyl (C=O) groups is 1. The van der Waals surface area contributed by atoms with Crippen LogP contribution in [0, 0.1) is 16.7 Å². The van der Waals surface area contributed by atoms with Crippen LogP contribution in [0.25, 0.3) is 5.69 Å². The summed E-state index contributed by atoms with van der Waals surface area (Å²) in [6.07, 6.45) is 6.83. The van der Waals surface area contributed by atoms with Gasteiger partial charge in [0.25, 0.3) is 0 Å². The fourth-order valence-electron chi connectivity index (χ4n) is 3.14. The molecule has 3 rings (SSSR count). The predicted molar refractivity (Wildman–Crippen MR) is 86.6 cm³/mol. The molecule has 5 nitrogen and oxygen atoms in total. The SMILES string of the molecule is C[C@H](NC(=O)C1(C#N)CCCC1)c1cccc(-n2cccn2)c1. The van der Waals surface area contributed by atoms with Crippen LogP contribution in [0.15, 0.2) is 42.7 Å². The molecule has 1 aromatic carbocycles. The summed E-state index contributed by atoms with van der Waals surface area (Å²) in [6, 6.07) is 11.9. The van der Waals surface area contributed by atoms with Gasteiger partial charge in [0, 0.05) is 12.4 Å². The minimum atomic E-state index is -0.839. The normalized spacial score (nSPS) is 17.4. The molecule has 1 aliphatic carbocycles. The van der Waals surface area contributed by atoms with Gasteiger partial charge in [-0.25, -0.2) is 4.68 Å². The van der Waals surface area contributed by atoms with E-state index in [0.717, 1.165) is 24.1 Å². The molecule has 0 spiro atoms. The lowest BCUT2D eigenvalue weighted by atomic mass is 9.86. The zero-order valence-corrected chi connectivity index (χ0v) is 13.2. The molecule has 1 N–H and O–H groups in total. The van der Waals surface area contributed by atoms with Crippen molar-refractivity contribution in [3.8, 4) is 11.8 Å². The lowest BCUT2D eigenvalue weighted by Crippen LogP contribution is -2.39. The van der Waals surface area contributed by atoms with E-state index in [1.807, 2.05) is 43.5 Å². The van der Waals surface area contributed by atoms with Crippen LogP contribution in [-0.2, 0) is 4.79 Å². The molecule has 1 aliphatic rings. The number of amides is 1. The third kappa shape index (κ3) is 2.98. The highest BCUT2D eigenvalue weighted by molar-refractivity contribution is 5.86. The molecule has 118 valence electrons. The Morgan fingerprint density at radius 3 is 2.83 bits per heavy atom. The monoisotopic (exact) mass is 308 g/mol. The minimum Gasteiger partial charge on any atom is -0.348 e. The fraction of sp³-hybridized carbons (Fsp3) is 0.389. The third-order valence-corrected chi connectivity index (χ3v) is 4.59. The molecule has 0 aliphatic heterocycles. The van der Waals surface area contributed by atoms with Crippen molar-refractivity contribution < 1.29 is 4.79 Å². The van der Waals surface area contributed by atoms with Gasteiger partial charge in [0.15, 0.2) is 0 Å². The molecule has 1 atom stereocenters. The van der Waals surface area contributed by atoms with Crippen LogP contribution in [-0.4, -0.2) is 15.7 Å². The smallest absolute Gasteiger partial charge is 0.240 e. The summed E-state index contributed by atoms with van der Waals surface area (Å²) in [5, 5.41) is 16.6. The molecule has 1 fully saturated rings. The van der Waals surface area contributed by atoms with Gasteiger partial charge in [0.2, 0.25) is 5.91 Å². The maximum atomic E-state index is 12.5. The maximum absolute atomic E-state index is 12.5. The molecule has 0 unspecified atom stereocenters. The lowest BCUT2D eigenvalue weighted by molar-refractivity contribution is -0.128. The largest absolute Gasteiger partial charge is 0.348 e. The highest BCUT2D eigenvalue weighted by atomic mass is 16.2. The zero-order chi connectivity index (χ0) is 16.3. The average Bonchev–Trinajstić information content (AvgIpc) is 3.27. The number of nitriles is 1. The van der Waals surface area contributed by atoms with Crippen molar-refractivity contribution in [3.05, 3.63) is 48.3 Å². The molecule has 0 saturated heterocycles. The van der Waals surface area contributed by atoms with Gasteiger partial charge in [-0.05, 0) is 43.5 Å². The van der Waals surface area contributed by atoms with Gasteiger partial charge in [-0.2, -0.15) is 10.4 Å². The topological polar surface area (TPSA) is 70.7 Å². The number of carbonyl (C=O) groups excluding carboxylic acids is 1. The van der Waals surface area contributed by atoms with E-state index in [9.17, 15) is 10.1 Å². The first-order chi connectivity index (χ1) is 11.1. The number of hydrogen-bond acceptors (Lipinski definition) is 3. The Labute approximate surface area is 135 Å². The summed E-state index contributed by atoms with van der Waals surface area (Å²) >= 11 is 0. The van der Waals surface area contributed by atoms with Gasteiger partial charge in [-0.3, -0.25) is 4.79 Å². The first-order valence-electron chi connectivity index (χ1n) is 7.97. The van der Waals surface area contributed by atoms with E-state index in [0.29, 0.717) is 12.8 Å². The minimum absolute atomic E-state index is 0.144. The second kappa shape index (κ2) is 6.25. The number of aromatic nitrogens is 2. The van der Waals surface area contributed by atoms with Gasteiger partial charge in [-0.15, -0.1) is 0 Å². The molecule has 23 heavy (non-hydrogen) atoms. The van der Waals surface area contributed by atoms with Gasteiger partial charge < -0.3 is 5.32 Å². The van der Waals surface area contributed by atoms with Crippen LogP contribution in [0.3, 0.4) is 0 Å². The quantitative estimate of drug-likeness (QED) is 0.943. The van der Waals surface area contributed by atoms with E-state index in [-0.39, 0.29) is 11.9 Å². The fourth-order valence-corrected chi connectivity index (χ4v) is 3.14. The first kappa shape index (κ1) is 15.3. The first-order valence-corrected chi connectivity index (χ1v) is 7.97. The van der Waals surface area contributed by atoms with E-state index in [4.69, 9.17) is 0 Å². The molecule has 1 heterocycles. The zero-order valence-electron chi connectivity index (χ0n) is 13.2. The molecule has 1 saturated carbocycles. The van der Waals surface area contributed by atoms with Crippen molar-refractivity contribution >= 4 is 5.91 Å². The van der Waals surface area contributed by atoms with Crippen LogP contribution >= 0.6 is 0 Å². The van der Waals surface area contributed by atoms with E-state index in [1.165, 1.54) is 0 Å². The summed E-state index contributed by atoms with van der Waals surface area (Å²) in [5.74, 6) is -0.144. The Morgan fingerprint density at radius 2 is 2.17 bits per heavy atom. The second-order valence-corrected chi connectivity index (χ2v) is 6.14.